The van der Waals surface area contributed by atoms with E-state index >= 15 is 0 Å². The Morgan fingerprint density at radius 1 is 1.15 bits per heavy atom. The first-order valence-electron chi connectivity index (χ1n) is 10.5. The molecule has 0 aromatic heterocycles. The third kappa shape index (κ3) is 4.91. The first kappa shape index (κ1) is 25.2. The Morgan fingerprint density at radius 2 is 1.85 bits per heavy atom. The van der Waals surface area contributed by atoms with Crippen LogP contribution in [0.15, 0.2) is 48.0 Å². The van der Waals surface area contributed by atoms with Crippen LogP contribution in [0.3, 0.4) is 0 Å². The number of amides is 1. The number of hydrogen-bond acceptors (Lipinski definition) is 5. The smallest absolute Gasteiger partial charge is 0.419 e. The largest absolute Gasteiger partial charge is 0.507 e. The highest BCUT2D eigenvalue weighted by Crippen LogP contribution is 2.42. The van der Waals surface area contributed by atoms with Gasteiger partial charge in [0.05, 0.1) is 29.3 Å². The molecular weight excluding hydrogens is 458 g/mol. The van der Waals surface area contributed by atoms with Crippen molar-refractivity contribution >= 4 is 17.4 Å². The van der Waals surface area contributed by atoms with Gasteiger partial charge in [-0.3, -0.25) is 9.59 Å². The van der Waals surface area contributed by atoms with Gasteiger partial charge in [0, 0.05) is 20.3 Å². The molecule has 1 aliphatic heterocycles. The Kier molecular flexibility index (Phi) is 7.61. The lowest BCUT2D eigenvalue weighted by Gasteiger charge is -2.26. The van der Waals surface area contributed by atoms with Crippen LogP contribution in [-0.2, 0) is 20.5 Å². The number of nitrogens with zero attached hydrogens (tertiary/aromatic N) is 1. The molecule has 1 aliphatic rings. The van der Waals surface area contributed by atoms with Crippen LogP contribution in [-0.4, -0.2) is 48.6 Å². The van der Waals surface area contributed by atoms with Crippen LogP contribution >= 0.6 is 0 Å². The van der Waals surface area contributed by atoms with Crippen LogP contribution in [0.5, 0.6) is 5.75 Å². The minimum absolute atomic E-state index is 0.00436. The molecule has 0 radical (unpaired) electrons. The van der Waals surface area contributed by atoms with E-state index in [0.717, 1.165) is 11.0 Å². The SMILES string of the molecule is CCOc1ccccc1/C(O)=C1\C(=O)C(=O)N(CCCOC)C1c1ccc(C(F)(F)F)c(F)c1. The number of aliphatic hydroxyl groups is 1. The molecule has 182 valence electrons. The van der Waals surface area contributed by atoms with Crippen molar-refractivity contribution in [3.05, 3.63) is 70.5 Å². The summed E-state index contributed by atoms with van der Waals surface area (Å²) in [5, 5.41) is 11.1. The lowest BCUT2D eigenvalue weighted by molar-refractivity contribution is -0.140. The van der Waals surface area contributed by atoms with E-state index in [1.165, 1.54) is 13.2 Å². The van der Waals surface area contributed by atoms with Crippen molar-refractivity contribution in [1.29, 1.82) is 0 Å². The van der Waals surface area contributed by atoms with Crippen LogP contribution in [0.4, 0.5) is 17.6 Å². The number of methoxy groups -OCH3 is 1. The van der Waals surface area contributed by atoms with Gasteiger partial charge in [0.1, 0.15) is 17.3 Å². The molecular formula is C24H23F4NO5. The monoisotopic (exact) mass is 481 g/mol. The Morgan fingerprint density at radius 3 is 2.47 bits per heavy atom. The summed E-state index contributed by atoms with van der Waals surface area (Å²) in [5.74, 6) is -3.88. The number of para-hydroxylation sites is 1. The van der Waals surface area contributed by atoms with Gasteiger partial charge in [0.15, 0.2) is 0 Å². The number of likely N-dealkylation sites (tertiary alicyclic amines) is 1. The number of halogens is 4. The summed E-state index contributed by atoms with van der Waals surface area (Å²) in [4.78, 5) is 26.9. The standard InChI is InChI=1S/C24H23F4NO5/c1-3-34-18-8-5-4-7-15(18)21(30)19-20(29(11-6-12-33-2)23(32)22(19)31)14-9-10-16(17(25)13-14)24(26,27)28/h4-5,7-10,13,20,30H,3,6,11-12H2,1-2H3/b21-19+. The molecule has 1 amide bonds. The number of alkyl halides is 3. The van der Waals surface area contributed by atoms with Crippen LogP contribution < -0.4 is 4.74 Å². The van der Waals surface area contributed by atoms with E-state index in [1.807, 2.05) is 0 Å². The van der Waals surface area contributed by atoms with E-state index in [0.29, 0.717) is 18.6 Å². The maximum absolute atomic E-state index is 14.4. The third-order valence-corrected chi connectivity index (χ3v) is 5.34. The molecule has 0 bridgehead atoms. The van der Waals surface area contributed by atoms with Gasteiger partial charge in [-0.15, -0.1) is 0 Å². The quantitative estimate of drug-likeness (QED) is 0.195. The molecule has 3 rings (SSSR count). The zero-order valence-electron chi connectivity index (χ0n) is 18.5. The van der Waals surface area contributed by atoms with Gasteiger partial charge in [-0.25, -0.2) is 4.39 Å². The molecule has 1 unspecified atom stereocenters. The average Bonchev–Trinajstić information content (AvgIpc) is 3.03. The van der Waals surface area contributed by atoms with Gasteiger partial charge >= 0.3 is 6.18 Å². The van der Waals surface area contributed by atoms with E-state index in [1.54, 1.807) is 25.1 Å². The van der Waals surface area contributed by atoms with Crippen molar-refractivity contribution in [2.24, 2.45) is 0 Å². The highest BCUT2D eigenvalue weighted by Gasteiger charge is 2.46. The molecule has 6 nitrogen and oxygen atoms in total. The molecule has 34 heavy (non-hydrogen) atoms. The van der Waals surface area contributed by atoms with Crippen LogP contribution in [0, 0.1) is 5.82 Å². The molecule has 1 atom stereocenters. The Balaban J connectivity index is 2.19. The fraction of sp³-hybridized carbons (Fsp3) is 0.333. The average molecular weight is 481 g/mol. The second kappa shape index (κ2) is 10.3. The number of rotatable bonds is 8. The zero-order chi connectivity index (χ0) is 25.0. The summed E-state index contributed by atoms with van der Waals surface area (Å²) in [7, 11) is 1.45. The first-order chi connectivity index (χ1) is 16.1. The van der Waals surface area contributed by atoms with Crippen molar-refractivity contribution < 1.29 is 41.7 Å². The Bertz CT molecular complexity index is 1110. The van der Waals surface area contributed by atoms with Gasteiger partial charge in [-0.2, -0.15) is 13.2 Å². The number of carbonyl (C=O) groups is 2. The molecule has 1 fully saturated rings. The highest BCUT2D eigenvalue weighted by molar-refractivity contribution is 6.46. The fourth-order valence-corrected chi connectivity index (χ4v) is 3.86. The Labute approximate surface area is 193 Å². The first-order valence-corrected chi connectivity index (χ1v) is 10.5. The second-order valence-corrected chi connectivity index (χ2v) is 7.51. The molecule has 1 heterocycles. The van der Waals surface area contributed by atoms with Gasteiger partial charge in [-0.1, -0.05) is 18.2 Å². The molecule has 0 aliphatic carbocycles. The topological polar surface area (TPSA) is 76.1 Å². The van der Waals surface area contributed by atoms with Gasteiger partial charge in [-0.05, 0) is 43.2 Å². The van der Waals surface area contributed by atoms with Crippen molar-refractivity contribution in [3.8, 4) is 5.75 Å². The predicted octanol–water partition coefficient (Wildman–Crippen LogP) is 4.70. The van der Waals surface area contributed by atoms with E-state index in [-0.39, 0.29) is 42.2 Å². The van der Waals surface area contributed by atoms with Crippen molar-refractivity contribution in [1.82, 2.24) is 4.90 Å². The zero-order valence-corrected chi connectivity index (χ0v) is 18.5. The van der Waals surface area contributed by atoms with E-state index < -0.39 is 41.0 Å². The van der Waals surface area contributed by atoms with E-state index in [4.69, 9.17) is 9.47 Å². The fourth-order valence-electron chi connectivity index (χ4n) is 3.86. The summed E-state index contributed by atoms with van der Waals surface area (Å²) in [6.45, 7) is 2.21. The van der Waals surface area contributed by atoms with Crippen molar-refractivity contribution in [2.75, 3.05) is 26.9 Å². The number of aliphatic hydroxyl groups excluding tert-OH is 1. The lowest BCUT2D eigenvalue weighted by atomic mass is 9.94. The minimum atomic E-state index is -4.92. The van der Waals surface area contributed by atoms with E-state index in [2.05, 4.69) is 0 Å². The van der Waals surface area contributed by atoms with Crippen molar-refractivity contribution in [3.63, 3.8) is 0 Å². The number of hydrogen-bond donors (Lipinski definition) is 1. The number of Topliss-reactive ketones (excluding diaryl/α,β-unsaturated/α-hetero) is 1. The number of carbonyl (C=O) groups excluding carboxylic acids is 2. The maximum Gasteiger partial charge on any atom is 0.419 e. The summed E-state index contributed by atoms with van der Waals surface area (Å²) < 4.78 is 64.1. The highest BCUT2D eigenvalue weighted by atomic mass is 19.4. The van der Waals surface area contributed by atoms with Gasteiger partial charge in [0.25, 0.3) is 11.7 Å². The molecule has 0 spiro atoms. The number of benzene rings is 2. The molecule has 2 aromatic rings. The molecule has 1 saturated heterocycles. The minimum Gasteiger partial charge on any atom is -0.507 e. The normalized spacial score (nSPS) is 17.9. The maximum atomic E-state index is 14.4. The van der Waals surface area contributed by atoms with Crippen molar-refractivity contribution in [2.45, 2.75) is 25.6 Å². The molecule has 0 saturated carbocycles. The molecule has 1 N–H and O–H groups in total. The predicted molar refractivity (Wildman–Crippen MR) is 115 cm³/mol. The van der Waals surface area contributed by atoms with Crippen LogP contribution in [0.2, 0.25) is 0 Å². The molecule has 2 aromatic carbocycles. The summed E-state index contributed by atoms with van der Waals surface area (Å²) >= 11 is 0. The summed E-state index contributed by atoms with van der Waals surface area (Å²) in [5.41, 5.74) is -1.81. The van der Waals surface area contributed by atoms with E-state index in [9.17, 15) is 32.3 Å². The summed E-state index contributed by atoms with van der Waals surface area (Å²) in [6.07, 6.45) is -4.61. The Hall–Kier alpha value is -3.40. The van der Waals surface area contributed by atoms with Crippen LogP contribution in [0.1, 0.15) is 36.1 Å². The third-order valence-electron chi connectivity index (χ3n) is 5.34. The van der Waals surface area contributed by atoms with Gasteiger partial charge in [0.2, 0.25) is 0 Å². The summed E-state index contributed by atoms with van der Waals surface area (Å²) in [6, 6.07) is 7.13. The van der Waals surface area contributed by atoms with Crippen LogP contribution in [0.25, 0.3) is 5.76 Å². The number of ketones is 1. The number of ether oxygens (including phenoxy) is 2. The lowest BCUT2D eigenvalue weighted by Crippen LogP contribution is -2.31. The van der Waals surface area contributed by atoms with Gasteiger partial charge < -0.3 is 19.5 Å². The second-order valence-electron chi connectivity index (χ2n) is 7.51. The molecule has 10 heteroatoms.